The zero-order valence-electron chi connectivity index (χ0n) is 20.2. The van der Waals surface area contributed by atoms with Gasteiger partial charge in [0.05, 0.1) is 39.3 Å². The van der Waals surface area contributed by atoms with Crippen LogP contribution in [0.25, 0.3) is 0 Å². The van der Waals surface area contributed by atoms with Gasteiger partial charge in [0.2, 0.25) is 0 Å². The predicted octanol–water partition coefficient (Wildman–Crippen LogP) is 3.85. The standard InChI is InChI=1S/C23H42O8/c1-7-13-29-22(5,28-8-2)11-9-20(24)26-14-18(3)15-27-21(25)10-12-23(6)30-16-19(4)17-31-23/h18-19H,7-17H2,1-6H3. The third-order valence-electron chi connectivity index (χ3n) is 5.03. The Bertz CT molecular complexity index is 530. The quantitative estimate of drug-likeness (QED) is 0.277. The Labute approximate surface area is 187 Å². The van der Waals surface area contributed by atoms with E-state index in [1.807, 2.05) is 34.6 Å². The van der Waals surface area contributed by atoms with Crippen molar-refractivity contribution in [3.8, 4) is 0 Å². The molecule has 2 atom stereocenters. The minimum absolute atomic E-state index is 0.0962. The maximum atomic E-state index is 12.1. The molecule has 31 heavy (non-hydrogen) atoms. The van der Waals surface area contributed by atoms with E-state index in [1.54, 1.807) is 0 Å². The molecule has 0 spiro atoms. The van der Waals surface area contributed by atoms with Crippen molar-refractivity contribution in [2.75, 3.05) is 39.6 Å². The van der Waals surface area contributed by atoms with Gasteiger partial charge in [-0.1, -0.05) is 20.8 Å². The van der Waals surface area contributed by atoms with Crippen molar-refractivity contribution >= 4 is 11.9 Å². The lowest BCUT2D eigenvalue weighted by atomic mass is 10.1. The van der Waals surface area contributed by atoms with Gasteiger partial charge in [-0.15, -0.1) is 0 Å². The molecule has 8 nitrogen and oxygen atoms in total. The van der Waals surface area contributed by atoms with Crippen molar-refractivity contribution < 1.29 is 38.0 Å². The molecule has 1 heterocycles. The smallest absolute Gasteiger partial charge is 0.305 e. The van der Waals surface area contributed by atoms with E-state index in [-0.39, 0.29) is 43.9 Å². The van der Waals surface area contributed by atoms with Crippen molar-refractivity contribution in [2.24, 2.45) is 11.8 Å². The molecule has 0 radical (unpaired) electrons. The molecular formula is C23H42O8. The Morgan fingerprint density at radius 2 is 1.65 bits per heavy atom. The highest BCUT2D eigenvalue weighted by Gasteiger charge is 2.32. The second-order valence-corrected chi connectivity index (χ2v) is 8.75. The van der Waals surface area contributed by atoms with E-state index in [9.17, 15) is 9.59 Å². The topological polar surface area (TPSA) is 89.5 Å². The first kappa shape index (κ1) is 27.8. The zero-order valence-corrected chi connectivity index (χ0v) is 20.2. The summed E-state index contributed by atoms with van der Waals surface area (Å²) in [5, 5.41) is 0. The van der Waals surface area contributed by atoms with E-state index >= 15 is 0 Å². The average molecular weight is 447 g/mol. The van der Waals surface area contributed by atoms with Crippen LogP contribution in [-0.4, -0.2) is 63.2 Å². The monoisotopic (exact) mass is 446 g/mol. The summed E-state index contributed by atoms with van der Waals surface area (Å²) in [5.41, 5.74) is 0. The molecule has 182 valence electrons. The van der Waals surface area contributed by atoms with Gasteiger partial charge >= 0.3 is 11.9 Å². The first-order valence-electron chi connectivity index (χ1n) is 11.5. The van der Waals surface area contributed by atoms with Gasteiger partial charge in [-0.05, 0) is 27.2 Å². The minimum Gasteiger partial charge on any atom is -0.465 e. The van der Waals surface area contributed by atoms with E-state index in [2.05, 4.69) is 6.92 Å². The molecule has 1 fully saturated rings. The van der Waals surface area contributed by atoms with Gasteiger partial charge in [0.1, 0.15) is 0 Å². The Morgan fingerprint density at radius 3 is 2.19 bits per heavy atom. The average Bonchev–Trinajstić information content (AvgIpc) is 2.74. The maximum absolute atomic E-state index is 12.1. The molecule has 0 aromatic rings. The van der Waals surface area contributed by atoms with E-state index in [0.29, 0.717) is 45.2 Å². The van der Waals surface area contributed by atoms with Crippen molar-refractivity contribution in [3.63, 3.8) is 0 Å². The number of hydrogen-bond acceptors (Lipinski definition) is 8. The molecule has 0 aromatic heterocycles. The Hall–Kier alpha value is -1.22. The molecule has 0 saturated carbocycles. The summed E-state index contributed by atoms with van der Waals surface area (Å²) in [6.45, 7) is 14.2. The summed E-state index contributed by atoms with van der Waals surface area (Å²) < 4.78 is 33.4. The molecular weight excluding hydrogens is 404 g/mol. The number of rotatable bonds is 15. The van der Waals surface area contributed by atoms with Gasteiger partial charge in [-0.25, -0.2) is 0 Å². The molecule has 1 rings (SSSR count). The van der Waals surface area contributed by atoms with Crippen LogP contribution in [0.3, 0.4) is 0 Å². The summed E-state index contributed by atoms with van der Waals surface area (Å²) in [7, 11) is 0. The van der Waals surface area contributed by atoms with Crippen LogP contribution < -0.4 is 0 Å². The van der Waals surface area contributed by atoms with Gasteiger partial charge in [-0.3, -0.25) is 9.59 Å². The van der Waals surface area contributed by atoms with E-state index in [4.69, 9.17) is 28.4 Å². The van der Waals surface area contributed by atoms with Crippen molar-refractivity contribution in [1.29, 1.82) is 0 Å². The number of carbonyl (C=O) groups is 2. The summed E-state index contributed by atoms with van der Waals surface area (Å²) in [4.78, 5) is 24.1. The molecule has 1 saturated heterocycles. The van der Waals surface area contributed by atoms with E-state index in [1.165, 1.54) is 0 Å². The third-order valence-corrected chi connectivity index (χ3v) is 5.03. The Morgan fingerprint density at radius 1 is 1.06 bits per heavy atom. The number of ether oxygens (including phenoxy) is 6. The molecule has 8 heteroatoms. The number of carbonyl (C=O) groups excluding carboxylic acids is 2. The lowest BCUT2D eigenvalue weighted by Crippen LogP contribution is -2.41. The van der Waals surface area contributed by atoms with Gasteiger partial charge < -0.3 is 28.4 Å². The molecule has 1 aliphatic heterocycles. The summed E-state index contributed by atoms with van der Waals surface area (Å²) >= 11 is 0. The van der Waals surface area contributed by atoms with Crippen LogP contribution in [0.15, 0.2) is 0 Å². The number of hydrogen-bond donors (Lipinski definition) is 0. The minimum atomic E-state index is -0.786. The molecule has 1 aliphatic rings. The van der Waals surface area contributed by atoms with Crippen LogP contribution in [0, 0.1) is 11.8 Å². The molecule has 0 N–H and O–H groups in total. The molecule has 0 bridgehead atoms. The first-order valence-corrected chi connectivity index (χ1v) is 11.5. The van der Waals surface area contributed by atoms with Crippen molar-refractivity contribution in [1.82, 2.24) is 0 Å². The Balaban J connectivity index is 2.21. The third kappa shape index (κ3) is 11.8. The summed E-state index contributed by atoms with van der Waals surface area (Å²) in [6.07, 6.45) is 2.16. The van der Waals surface area contributed by atoms with Gasteiger partial charge in [0, 0.05) is 37.9 Å². The predicted molar refractivity (Wildman–Crippen MR) is 115 cm³/mol. The lowest BCUT2D eigenvalue weighted by molar-refractivity contribution is -0.274. The van der Waals surface area contributed by atoms with Crippen molar-refractivity contribution in [3.05, 3.63) is 0 Å². The molecule has 0 amide bonds. The van der Waals surface area contributed by atoms with Crippen LogP contribution >= 0.6 is 0 Å². The van der Waals surface area contributed by atoms with Gasteiger partial charge in [0.25, 0.3) is 0 Å². The number of esters is 2. The van der Waals surface area contributed by atoms with E-state index in [0.717, 1.165) is 6.42 Å². The normalized spacial score (nSPS) is 24.3. The SMILES string of the molecule is CCCOC(C)(CCC(=O)OCC(C)COC(=O)CCC1(C)OCC(C)CO1)OCC. The van der Waals surface area contributed by atoms with Gasteiger partial charge in [-0.2, -0.15) is 0 Å². The maximum Gasteiger partial charge on any atom is 0.305 e. The second kappa shape index (κ2) is 14.0. The Kier molecular flexibility index (Phi) is 12.6. The highest BCUT2D eigenvalue weighted by molar-refractivity contribution is 5.69. The summed E-state index contributed by atoms with van der Waals surface area (Å²) in [5.74, 6) is -1.89. The molecule has 0 aliphatic carbocycles. The van der Waals surface area contributed by atoms with Crippen LogP contribution in [0.2, 0.25) is 0 Å². The van der Waals surface area contributed by atoms with Crippen molar-refractivity contribution in [2.45, 2.75) is 85.2 Å². The van der Waals surface area contributed by atoms with Crippen LogP contribution in [0.4, 0.5) is 0 Å². The second-order valence-electron chi connectivity index (χ2n) is 8.75. The zero-order chi connectivity index (χ0) is 23.3. The lowest BCUT2D eigenvalue weighted by Gasteiger charge is -2.36. The highest BCUT2D eigenvalue weighted by Crippen LogP contribution is 2.26. The molecule has 0 aromatic carbocycles. The fourth-order valence-electron chi connectivity index (χ4n) is 3.00. The largest absolute Gasteiger partial charge is 0.465 e. The first-order chi connectivity index (χ1) is 14.6. The summed E-state index contributed by atoms with van der Waals surface area (Å²) in [6, 6.07) is 0. The van der Waals surface area contributed by atoms with Gasteiger partial charge in [0.15, 0.2) is 11.6 Å². The van der Waals surface area contributed by atoms with Crippen LogP contribution in [0.5, 0.6) is 0 Å². The van der Waals surface area contributed by atoms with Crippen LogP contribution in [-0.2, 0) is 38.0 Å². The molecule has 2 unspecified atom stereocenters. The fourth-order valence-corrected chi connectivity index (χ4v) is 3.00. The van der Waals surface area contributed by atoms with Crippen LogP contribution in [0.1, 0.15) is 73.6 Å². The fraction of sp³-hybridized carbons (Fsp3) is 0.913. The highest BCUT2D eigenvalue weighted by atomic mass is 16.7. The van der Waals surface area contributed by atoms with E-state index < -0.39 is 11.6 Å².